The van der Waals surface area contributed by atoms with Crippen LogP contribution in [0.1, 0.15) is 30.7 Å². The van der Waals surface area contributed by atoms with Crippen LogP contribution in [0.3, 0.4) is 0 Å². The SMILES string of the molecule is O=S1(=O)CCC(C2=Cc3ccncc3N(Cc3nc(OCC4CCOC4)c4ccc(Cl)cc4n3)CC2)C1. The van der Waals surface area contributed by atoms with E-state index in [4.69, 9.17) is 31.0 Å². The second kappa shape index (κ2) is 10.2. The number of halogens is 1. The molecule has 10 heteroatoms. The second-order valence-electron chi connectivity index (χ2n) is 10.1. The third-order valence-electron chi connectivity index (χ3n) is 7.42. The Hall–Kier alpha value is -2.75. The molecule has 0 radical (unpaired) electrons. The zero-order valence-corrected chi connectivity index (χ0v) is 22.0. The van der Waals surface area contributed by atoms with Crippen LogP contribution >= 0.6 is 11.6 Å². The number of pyridine rings is 1. The van der Waals surface area contributed by atoms with E-state index in [0.717, 1.165) is 41.6 Å². The van der Waals surface area contributed by atoms with Crippen LogP contribution in [0.15, 0.2) is 42.2 Å². The van der Waals surface area contributed by atoms with Crippen molar-refractivity contribution in [2.45, 2.75) is 25.8 Å². The van der Waals surface area contributed by atoms with Crippen LogP contribution in [0.4, 0.5) is 5.69 Å². The minimum absolute atomic E-state index is 0.0737. The average Bonchev–Trinajstić information content (AvgIpc) is 3.49. The van der Waals surface area contributed by atoms with Gasteiger partial charge in [0.1, 0.15) is 0 Å². The first-order valence-corrected chi connectivity index (χ1v) is 14.9. The summed E-state index contributed by atoms with van der Waals surface area (Å²) >= 11 is 6.30. The number of rotatable bonds is 6. The highest BCUT2D eigenvalue weighted by molar-refractivity contribution is 7.91. The van der Waals surface area contributed by atoms with E-state index in [9.17, 15) is 8.42 Å². The minimum Gasteiger partial charge on any atom is -0.477 e. The van der Waals surface area contributed by atoms with Crippen molar-refractivity contribution in [2.75, 3.05) is 42.8 Å². The Labute approximate surface area is 221 Å². The van der Waals surface area contributed by atoms with Gasteiger partial charge in [0.2, 0.25) is 5.88 Å². The molecule has 3 aromatic rings. The molecule has 6 rings (SSSR count). The maximum Gasteiger partial charge on any atom is 0.224 e. The van der Waals surface area contributed by atoms with Crippen molar-refractivity contribution < 1.29 is 17.9 Å². The van der Waals surface area contributed by atoms with Crippen LogP contribution in [0, 0.1) is 11.8 Å². The smallest absolute Gasteiger partial charge is 0.224 e. The van der Waals surface area contributed by atoms with Gasteiger partial charge >= 0.3 is 0 Å². The van der Waals surface area contributed by atoms with E-state index in [1.807, 2.05) is 30.5 Å². The molecule has 0 amide bonds. The van der Waals surface area contributed by atoms with Crippen molar-refractivity contribution in [3.63, 3.8) is 0 Å². The lowest BCUT2D eigenvalue weighted by Crippen LogP contribution is -2.26. The monoisotopic (exact) mass is 540 g/mol. The normalized spacial score (nSPS) is 23.1. The first kappa shape index (κ1) is 24.6. The first-order valence-electron chi connectivity index (χ1n) is 12.7. The third-order valence-corrected chi connectivity index (χ3v) is 9.43. The molecular weight excluding hydrogens is 512 g/mol. The fraction of sp³-hybridized carbons (Fsp3) is 0.444. The fourth-order valence-electron chi connectivity index (χ4n) is 5.40. The van der Waals surface area contributed by atoms with Crippen molar-refractivity contribution in [3.8, 4) is 5.88 Å². The van der Waals surface area contributed by atoms with E-state index in [1.165, 1.54) is 5.57 Å². The van der Waals surface area contributed by atoms with Crippen LogP contribution in [-0.4, -0.2) is 61.2 Å². The highest BCUT2D eigenvalue weighted by atomic mass is 35.5. The molecule has 8 nitrogen and oxygen atoms in total. The number of nitrogens with zero attached hydrogens (tertiary/aromatic N) is 4. The largest absolute Gasteiger partial charge is 0.477 e. The van der Waals surface area contributed by atoms with Gasteiger partial charge in [0.05, 0.1) is 54.1 Å². The lowest BCUT2D eigenvalue weighted by atomic mass is 9.94. The van der Waals surface area contributed by atoms with Crippen LogP contribution in [0.5, 0.6) is 5.88 Å². The van der Waals surface area contributed by atoms with E-state index in [-0.39, 0.29) is 17.4 Å². The summed E-state index contributed by atoms with van der Waals surface area (Å²) in [6.07, 6.45) is 8.23. The van der Waals surface area contributed by atoms with Gasteiger partial charge in [-0.15, -0.1) is 0 Å². The maximum absolute atomic E-state index is 12.1. The molecule has 37 heavy (non-hydrogen) atoms. The highest BCUT2D eigenvalue weighted by Gasteiger charge is 2.31. The number of aromatic nitrogens is 3. The molecular formula is C27H29ClN4O4S. The Morgan fingerprint density at radius 1 is 1.19 bits per heavy atom. The Bertz CT molecular complexity index is 1460. The summed E-state index contributed by atoms with van der Waals surface area (Å²) in [5.74, 6) is 2.12. The van der Waals surface area contributed by atoms with Crippen molar-refractivity contribution in [1.82, 2.24) is 15.0 Å². The quantitative estimate of drug-likeness (QED) is 0.456. The standard InChI is InChI=1S/C27H29ClN4O4S/c28-22-1-2-23-24(12-22)30-26(31-27(23)36-16-18-5-9-35-15-18)14-32-8-4-19(21-6-10-37(33,34)17-21)11-20-3-7-29-13-25(20)32/h1-3,7,11-13,18,21H,4-6,8-10,14-17H2. The third kappa shape index (κ3) is 5.44. The molecule has 0 N–H and O–H groups in total. The summed E-state index contributed by atoms with van der Waals surface area (Å²) in [6, 6.07) is 7.55. The van der Waals surface area contributed by atoms with E-state index < -0.39 is 9.84 Å². The Morgan fingerprint density at radius 2 is 2.11 bits per heavy atom. The molecule has 2 atom stereocenters. The molecule has 0 bridgehead atoms. The van der Waals surface area contributed by atoms with Gasteiger partial charge in [0, 0.05) is 35.9 Å². The van der Waals surface area contributed by atoms with Crippen molar-refractivity contribution in [3.05, 3.63) is 58.6 Å². The minimum atomic E-state index is -2.96. The average molecular weight is 541 g/mol. The van der Waals surface area contributed by atoms with Gasteiger partial charge in [-0.2, -0.15) is 4.98 Å². The molecule has 3 aliphatic rings. The van der Waals surface area contributed by atoms with Gasteiger partial charge in [-0.1, -0.05) is 23.3 Å². The summed E-state index contributed by atoms with van der Waals surface area (Å²) in [5.41, 5.74) is 3.95. The number of benzene rings is 1. The molecule has 0 aliphatic carbocycles. The van der Waals surface area contributed by atoms with E-state index >= 15 is 0 Å². The van der Waals surface area contributed by atoms with Gasteiger partial charge in [-0.05, 0) is 49.4 Å². The first-order chi connectivity index (χ1) is 17.9. The molecule has 5 heterocycles. The van der Waals surface area contributed by atoms with Crippen LogP contribution in [-0.2, 0) is 21.1 Å². The van der Waals surface area contributed by atoms with Crippen LogP contribution in [0.25, 0.3) is 17.0 Å². The Morgan fingerprint density at radius 3 is 2.92 bits per heavy atom. The Balaban J connectivity index is 1.29. The van der Waals surface area contributed by atoms with Crippen molar-refractivity contribution >= 4 is 44.1 Å². The van der Waals surface area contributed by atoms with E-state index in [2.05, 4.69) is 16.0 Å². The van der Waals surface area contributed by atoms with Crippen LogP contribution < -0.4 is 9.64 Å². The molecule has 2 fully saturated rings. The van der Waals surface area contributed by atoms with Gasteiger partial charge in [0.25, 0.3) is 0 Å². The molecule has 0 spiro atoms. The number of ether oxygens (including phenoxy) is 2. The number of anilines is 1. The topological polar surface area (TPSA) is 94.5 Å². The lowest BCUT2D eigenvalue weighted by Gasteiger charge is -2.24. The van der Waals surface area contributed by atoms with E-state index in [1.54, 1.807) is 6.20 Å². The Kier molecular flexibility index (Phi) is 6.77. The van der Waals surface area contributed by atoms with Gasteiger partial charge < -0.3 is 14.4 Å². The van der Waals surface area contributed by atoms with Crippen molar-refractivity contribution in [2.24, 2.45) is 11.8 Å². The van der Waals surface area contributed by atoms with Crippen molar-refractivity contribution in [1.29, 1.82) is 0 Å². The molecule has 2 unspecified atom stereocenters. The zero-order valence-electron chi connectivity index (χ0n) is 20.5. The summed E-state index contributed by atoms with van der Waals surface area (Å²) in [7, 11) is -2.96. The van der Waals surface area contributed by atoms with Gasteiger partial charge in [-0.25, -0.2) is 13.4 Å². The lowest BCUT2D eigenvalue weighted by molar-refractivity contribution is 0.166. The molecule has 0 saturated carbocycles. The number of fused-ring (bicyclic) bond motifs is 2. The predicted octanol–water partition coefficient (Wildman–Crippen LogP) is 4.32. The number of sulfone groups is 1. The van der Waals surface area contributed by atoms with Crippen LogP contribution in [0.2, 0.25) is 5.02 Å². The molecule has 1 aromatic carbocycles. The molecule has 3 aliphatic heterocycles. The summed E-state index contributed by atoms with van der Waals surface area (Å²) in [6.45, 7) is 3.20. The molecule has 2 aromatic heterocycles. The summed E-state index contributed by atoms with van der Waals surface area (Å²) in [5, 5.41) is 1.44. The zero-order chi connectivity index (χ0) is 25.4. The maximum atomic E-state index is 12.1. The summed E-state index contributed by atoms with van der Waals surface area (Å²) < 4.78 is 35.9. The van der Waals surface area contributed by atoms with E-state index in [0.29, 0.717) is 55.4 Å². The summed E-state index contributed by atoms with van der Waals surface area (Å²) in [4.78, 5) is 16.2. The number of hydrogen-bond acceptors (Lipinski definition) is 8. The molecule has 2 saturated heterocycles. The highest BCUT2D eigenvalue weighted by Crippen LogP contribution is 2.35. The predicted molar refractivity (Wildman–Crippen MR) is 144 cm³/mol. The second-order valence-corrected chi connectivity index (χ2v) is 12.7. The number of hydrogen-bond donors (Lipinski definition) is 0. The fourth-order valence-corrected chi connectivity index (χ4v) is 7.37. The molecule has 194 valence electrons. The van der Waals surface area contributed by atoms with Gasteiger partial charge in [-0.3, -0.25) is 4.98 Å². The van der Waals surface area contributed by atoms with Gasteiger partial charge in [0.15, 0.2) is 15.7 Å².